The fourth-order valence-electron chi connectivity index (χ4n) is 1.49. The predicted molar refractivity (Wildman–Crippen MR) is 57.5 cm³/mol. The Morgan fingerprint density at radius 3 is 2.71 bits per heavy atom. The lowest BCUT2D eigenvalue weighted by Gasteiger charge is -2.06. The van der Waals surface area contributed by atoms with Crippen molar-refractivity contribution in [1.82, 2.24) is 4.98 Å². The van der Waals surface area contributed by atoms with Crippen LogP contribution < -0.4 is 0 Å². The van der Waals surface area contributed by atoms with E-state index in [1.165, 1.54) is 11.8 Å². The van der Waals surface area contributed by atoms with Crippen molar-refractivity contribution in [2.45, 2.75) is 19.8 Å². The summed E-state index contributed by atoms with van der Waals surface area (Å²) >= 11 is 0. The number of aromatic hydroxyl groups is 1. The van der Waals surface area contributed by atoms with Gasteiger partial charge in [-0.15, -0.1) is 0 Å². The third-order valence-corrected chi connectivity index (χ3v) is 2.36. The van der Waals surface area contributed by atoms with Gasteiger partial charge in [-0.25, -0.2) is 0 Å². The first-order chi connectivity index (χ1) is 6.66. The molecule has 2 rings (SSSR count). The zero-order chi connectivity index (χ0) is 10.1. The SMILES string of the molecule is CC(C)c1ccc2cc(O)cnc2c1. The van der Waals surface area contributed by atoms with Crippen LogP contribution in [-0.2, 0) is 0 Å². The van der Waals surface area contributed by atoms with E-state index in [0.717, 1.165) is 10.9 Å². The average molecular weight is 187 g/mol. The van der Waals surface area contributed by atoms with Crippen molar-refractivity contribution in [2.24, 2.45) is 0 Å². The Bertz CT molecular complexity index is 463. The number of pyridine rings is 1. The molecule has 0 aliphatic carbocycles. The number of hydrogen-bond donors (Lipinski definition) is 1. The molecule has 2 aromatic rings. The molecule has 0 radical (unpaired) electrons. The Morgan fingerprint density at radius 2 is 2.00 bits per heavy atom. The van der Waals surface area contributed by atoms with Crippen molar-refractivity contribution in [2.75, 3.05) is 0 Å². The van der Waals surface area contributed by atoms with Crippen LogP contribution in [0.4, 0.5) is 0 Å². The Morgan fingerprint density at radius 1 is 1.21 bits per heavy atom. The average Bonchev–Trinajstić information content (AvgIpc) is 2.16. The molecule has 0 fully saturated rings. The van der Waals surface area contributed by atoms with Crippen molar-refractivity contribution in [3.63, 3.8) is 0 Å². The van der Waals surface area contributed by atoms with Gasteiger partial charge in [0.05, 0.1) is 11.7 Å². The second kappa shape index (κ2) is 3.29. The molecule has 1 aromatic heterocycles. The Hall–Kier alpha value is -1.57. The molecule has 0 aliphatic heterocycles. The van der Waals surface area contributed by atoms with Gasteiger partial charge in [0.15, 0.2) is 0 Å². The molecule has 0 spiro atoms. The van der Waals surface area contributed by atoms with Gasteiger partial charge < -0.3 is 5.11 Å². The number of hydrogen-bond acceptors (Lipinski definition) is 2. The third-order valence-electron chi connectivity index (χ3n) is 2.36. The van der Waals surface area contributed by atoms with Gasteiger partial charge in [0.1, 0.15) is 5.75 Å². The molecule has 0 amide bonds. The highest BCUT2D eigenvalue weighted by Gasteiger charge is 2.01. The van der Waals surface area contributed by atoms with Gasteiger partial charge in [0.2, 0.25) is 0 Å². The maximum absolute atomic E-state index is 9.25. The minimum absolute atomic E-state index is 0.217. The molecule has 0 bridgehead atoms. The van der Waals surface area contributed by atoms with Crippen LogP contribution in [0.2, 0.25) is 0 Å². The Kier molecular flexibility index (Phi) is 2.12. The quantitative estimate of drug-likeness (QED) is 0.744. The maximum Gasteiger partial charge on any atom is 0.134 e. The third kappa shape index (κ3) is 1.55. The first-order valence-corrected chi connectivity index (χ1v) is 4.75. The number of nitrogens with zero attached hydrogens (tertiary/aromatic N) is 1. The largest absolute Gasteiger partial charge is 0.506 e. The molecule has 0 unspecified atom stereocenters. The van der Waals surface area contributed by atoms with E-state index >= 15 is 0 Å². The van der Waals surface area contributed by atoms with Crippen molar-refractivity contribution in [3.05, 3.63) is 36.0 Å². The van der Waals surface area contributed by atoms with E-state index < -0.39 is 0 Å². The monoisotopic (exact) mass is 187 g/mol. The van der Waals surface area contributed by atoms with Crippen LogP contribution in [0.15, 0.2) is 30.5 Å². The van der Waals surface area contributed by atoms with E-state index in [9.17, 15) is 5.11 Å². The lowest BCUT2D eigenvalue weighted by molar-refractivity contribution is 0.474. The highest BCUT2D eigenvalue weighted by Crippen LogP contribution is 2.22. The van der Waals surface area contributed by atoms with Crippen molar-refractivity contribution < 1.29 is 5.11 Å². The van der Waals surface area contributed by atoms with Crippen LogP contribution in [-0.4, -0.2) is 10.1 Å². The summed E-state index contributed by atoms with van der Waals surface area (Å²) in [5.74, 6) is 0.727. The van der Waals surface area contributed by atoms with Gasteiger partial charge in [-0.2, -0.15) is 0 Å². The molecule has 0 saturated carbocycles. The number of rotatable bonds is 1. The van der Waals surface area contributed by atoms with E-state index in [1.54, 1.807) is 6.07 Å². The van der Waals surface area contributed by atoms with E-state index in [1.807, 2.05) is 6.07 Å². The molecule has 72 valence electrons. The van der Waals surface area contributed by atoms with Crippen LogP contribution in [0.1, 0.15) is 25.3 Å². The highest BCUT2D eigenvalue weighted by atomic mass is 16.3. The molecular weight excluding hydrogens is 174 g/mol. The fourth-order valence-corrected chi connectivity index (χ4v) is 1.49. The minimum Gasteiger partial charge on any atom is -0.506 e. The summed E-state index contributed by atoms with van der Waals surface area (Å²) < 4.78 is 0. The van der Waals surface area contributed by atoms with Gasteiger partial charge in [0.25, 0.3) is 0 Å². The van der Waals surface area contributed by atoms with Gasteiger partial charge in [-0.1, -0.05) is 26.0 Å². The molecule has 1 N–H and O–H groups in total. The second-order valence-electron chi connectivity index (χ2n) is 3.80. The maximum atomic E-state index is 9.25. The van der Waals surface area contributed by atoms with Crippen molar-refractivity contribution in [3.8, 4) is 5.75 Å². The minimum atomic E-state index is 0.217. The van der Waals surface area contributed by atoms with Crippen LogP contribution in [0.25, 0.3) is 10.9 Å². The normalized spacial score (nSPS) is 11.1. The van der Waals surface area contributed by atoms with Gasteiger partial charge in [-0.05, 0) is 23.6 Å². The summed E-state index contributed by atoms with van der Waals surface area (Å²) in [5, 5.41) is 10.2. The topological polar surface area (TPSA) is 33.1 Å². The number of benzene rings is 1. The van der Waals surface area contributed by atoms with Gasteiger partial charge >= 0.3 is 0 Å². The molecule has 1 aromatic carbocycles. The Balaban J connectivity index is 2.62. The van der Waals surface area contributed by atoms with Crippen molar-refractivity contribution >= 4 is 10.9 Å². The van der Waals surface area contributed by atoms with Crippen molar-refractivity contribution in [1.29, 1.82) is 0 Å². The molecule has 2 heteroatoms. The molecule has 2 nitrogen and oxygen atoms in total. The molecule has 0 atom stereocenters. The van der Waals surface area contributed by atoms with Crippen LogP contribution in [0.3, 0.4) is 0 Å². The smallest absolute Gasteiger partial charge is 0.134 e. The van der Waals surface area contributed by atoms with E-state index in [-0.39, 0.29) is 5.75 Å². The standard InChI is InChI=1S/C12H13NO/c1-8(2)9-3-4-10-5-11(14)7-13-12(10)6-9/h3-8,14H,1-2H3. The first-order valence-electron chi connectivity index (χ1n) is 4.75. The van der Waals surface area contributed by atoms with Gasteiger partial charge in [0, 0.05) is 5.39 Å². The summed E-state index contributed by atoms with van der Waals surface area (Å²) in [4.78, 5) is 4.17. The Labute approximate surface area is 83.2 Å². The molecule has 1 heterocycles. The summed E-state index contributed by atoms with van der Waals surface area (Å²) in [5.41, 5.74) is 2.21. The summed E-state index contributed by atoms with van der Waals surface area (Å²) in [7, 11) is 0. The summed E-state index contributed by atoms with van der Waals surface area (Å²) in [6, 6.07) is 7.87. The molecule has 0 saturated heterocycles. The zero-order valence-corrected chi connectivity index (χ0v) is 8.36. The second-order valence-corrected chi connectivity index (χ2v) is 3.80. The van der Waals surface area contributed by atoms with E-state index in [4.69, 9.17) is 0 Å². The summed E-state index contributed by atoms with van der Waals surface area (Å²) in [6.07, 6.45) is 1.48. The lowest BCUT2D eigenvalue weighted by Crippen LogP contribution is -1.87. The lowest BCUT2D eigenvalue weighted by atomic mass is 10.0. The van der Waals surface area contributed by atoms with E-state index in [2.05, 4.69) is 31.0 Å². The van der Waals surface area contributed by atoms with Crippen LogP contribution in [0, 0.1) is 0 Å². The van der Waals surface area contributed by atoms with Crippen LogP contribution in [0.5, 0.6) is 5.75 Å². The first kappa shape index (κ1) is 9.00. The highest BCUT2D eigenvalue weighted by molar-refractivity contribution is 5.80. The molecule has 14 heavy (non-hydrogen) atoms. The van der Waals surface area contributed by atoms with Gasteiger partial charge in [-0.3, -0.25) is 4.98 Å². The van der Waals surface area contributed by atoms with E-state index in [0.29, 0.717) is 5.92 Å². The number of fused-ring (bicyclic) bond motifs is 1. The molecular formula is C12H13NO. The van der Waals surface area contributed by atoms with Crippen LogP contribution >= 0.6 is 0 Å². The predicted octanol–water partition coefficient (Wildman–Crippen LogP) is 3.06. The number of aromatic nitrogens is 1. The summed E-state index contributed by atoms with van der Waals surface area (Å²) in [6.45, 7) is 4.31. The molecule has 0 aliphatic rings. The zero-order valence-electron chi connectivity index (χ0n) is 8.36. The fraction of sp³-hybridized carbons (Fsp3) is 0.250.